The minimum absolute atomic E-state index is 0.212. The first-order chi connectivity index (χ1) is 11.6. The highest BCUT2D eigenvalue weighted by Gasteiger charge is 2.19. The monoisotopic (exact) mass is 332 g/mol. The third kappa shape index (κ3) is 6.52. The van der Waals surface area contributed by atoms with Gasteiger partial charge in [0.15, 0.2) is 0 Å². The average molecular weight is 332 g/mol. The minimum atomic E-state index is 0.212. The summed E-state index contributed by atoms with van der Waals surface area (Å²) in [5, 5.41) is 3.11. The van der Waals surface area contributed by atoms with Crippen LogP contribution in [0.2, 0.25) is 0 Å². The number of methoxy groups -OCH3 is 1. The van der Waals surface area contributed by atoms with Crippen molar-refractivity contribution in [3.8, 4) is 5.75 Å². The predicted molar refractivity (Wildman–Crippen MR) is 98.1 cm³/mol. The molecular weight excluding hydrogens is 300 g/mol. The van der Waals surface area contributed by atoms with Crippen molar-refractivity contribution in [2.24, 2.45) is 11.8 Å². The van der Waals surface area contributed by atoms with Crippen molar-refractivity contribution in [1.82, 2.24) is 10.2 Å². The summed E-state index contributed by atoms with van der Waals surface area (Å²) in [5.74, 6) is 2.34. The summed E-state index contributed by atoms with van der Waals surface area (Å²) >= 11 is 0. The number of benzene rings is 1. The summed E-state index contributed by atoms with van der Waals surface area (Å²) in [7, 11) is 1.70. The molecule has 0 unspecified atom stereocenters. The van der Waals surface area contributed by atoms with E-state index in [2.05, 4.69) is 36.2 Å². The first-order valence-electron chi connectivity index (χ1n) is 9.18. The Bertz CT molecular complexity index is 491. The summed E-state index contributed by atoms with van der Waals surface area (Å²) in [6, 6.07) is 8.32. The number of amides is 1. The first kappa shape index (κ1) is 18.8. The van der Waals surface area contributed by atoms with E-state index >= 15 is 0 Å². The molecule has 1 aliphatic rings. The number of nitrogens with one attached hydrogen (secondary N) is 1. The Balaban J connectivity index is 1.64. The molecule has 0 aromatic heterocycles. The van der Waals surface area contributed by atoms with Gasteiger partial charge in [0.2, 0.25) is 5.91 Å². The van der Waals surface area contributed by atoms with Crippen LogP contribution in [0.15, 0.2) is 24.3 Å². The van der Waals surface area contributed by atoms with Gasteiger partial charge >= 0.3 is 0 Å². The van der Waals surface area contributed by atoms with E-state index in [1.54, 1.807) is 7.11 Å². The van der Waals surface area contributed by atoms with Crippen LogP contribution in [0, 0.1) is 11.8 Å². The molecule has 0 bridgehead atoms. The van der Waals surface area contributed by atoms with Crippen molar-refractivity contribution in [2.45, 2.75) is 46.1 Å². The van der Waals surface area contributed by atoms with E-state index < -0.39 is 0 Å². The SMILES string of the molecule is COc1ccc(CN2CCC(CNC(=O)CCC(C)C)CC2)cc1. The van der Waals surface area contributed by atoms with Crippen LogP contribution in [0.3, 0.4) is 0 Å². The quantitative estimate of drug-likeness (QED) is 0.793. The second-order valence-corrected chi connectivity index (χ2v) is 7.30. The molecule has 1 aromatic rings. The van der Waals surface area contributed by atoms with Crippen molar-refractivity contribution in [3.05, 3.63) is 29.8 Å². The van der Waals surface area contributed by atoms with E-state index in [0.29, 0.717) is 18.3 Å². The number of carbonyl (C=O) groups excluding carboxylic acids is 1. The zero-order valence-electron chi connectivity index (χ0n) is 15.4. The average Bonchev–Trinajstić information content (AvgIpc) is 2.60. The van der Waals surface area contributed by atoms with E-state index in [0.717, 1.165) is 38.3 Å². The number of carbonyl (C=O) groups is 1. The molecule has 0 saturated carbocycles. The fourth-order valence-corrected chi connectivity index (χ4v) is 3.10. The number of likely N-dealkylation sites (tertiary alicyclic amines) is 1. The van der Waals surface area contributed by atoms with Crippen molar-refractivity contribution in [1.29, 1.82) is 0 Å². The molecule has 0 aliphatic carbocycles. The zero-order valence-corrected chi connectivity index (χ0v) is 15.4. The third-order valence-electron chi connectivity index (χ3n) is 4.81. The highest BCUT2D eigenvalue weighted by atomic mass is 16.5. The summed E-state index contributed by atoms with van der Waals surface area (Å²) in [5.41, 5.74) is 1.33. The number of piperidine rings is 1. The summed E-state index contributed by atoms with van der Waals surface area (Å²) in [4.78, 5) is 14.3. The second-order valence-electron chi connectivity index (χ2n) is 7.30. The molecule has 24 heavy (non-hydrogen) atoms. The third-order valence-corrected chi connectivity index (χ3v) is 4.81. The number of ether oxygens (including phenoxy) is 1. The van der Waals surface area contributed by atoms with Gasteiger partial charge in [-0.3, -0.25) is 9.69 Å². The van der Waals surface area contributed by atoms with Crippen LogP contribution in [-0.4, -0.2) is 37.6 Å². The van der Waals surface area contributed by atoms with E-state index in [1.807, 2.05) is 12.1 Å². The van der Waals surface area contributed by atoms with E-state index in [4.69, 9.17) is 4.74 Å². The molecule has 1 aliphatic heterocycles. The highest BCUT2D eigenvalue weighted by Crippen LogP contribution is 2.19. The van der Waals surface area contributed by atoms with Crippen LogP contribution in [0.4, 0.5) is 0 Å². The lowest BCUT2D eigenvalue weighted by atomic mass is 9.96. The van der Waals surface area contributed by atoms with Gasteiger partial charge in [-0.15, -0.1) is 0 Å². The van der Waals surface area contributed by atoms with Crippen LogP contribution >= 0.6 is 0 Å². The number of rotatable bonds is 8. The van der Waals surface area contributed by atoms with Gasteiger partial charge in [-0.05, 0) is 61.9 Å². The molecule has 0 spiro atoms. The van der Waals surface area contributed by atoms with E-state index in [9.17, 15) is 4.79 Å². The van der Waals surface area contributed by atoms with Gasteiger partial charge in [-0.2, -0.15) is 0 Å². The van der Waals surface area contributed by atoms with E-state index in [1.165, 1.54) is 18.4 Å². The molecular formula is C20H32N2O2. The smallest absolute Gasteiger partial charge is 0.220 e. The van der Waals surface area contributed by atoms with Crippen LogP contribution in [0.5, 0.6) is 5.75 Å². The molecule has 4 nitrogen and oxygen atoms in total. The van der Waals surface area contributed by atoms with Crippen LogP contribution < -0.4 is 10.1 Å². The molecule has 0 radical (unpaired) electrons. The Morgan fingerprint density at radius 1 is 1.25 bits per heavy atom. The van der Waals surface area contributed by atoms with Crippen molar-refractivity contribution in [3.63, 3.8) is 0 Å². The topological polar surface area (TPSA) is 41.6 Å². The van der Waals surface area contributed by atoms with Gasteiger partial charge in [0.1, 0.15) is 5.75 Å². The zero-order chi connectivity index (χ0) is 17.4. The van der Waals surface area contributed by atoms with Gasteiger partial charge in [-0.25, -0.2) is 0 Å². The van der Waals surface area contributed by atoms with Gasteiger partial charge in [-0.1, -0.05) is 26.0 Å². The maximum atomic E-state index is 11.8. The van der Waals surface area contributed by atoms with Crippen LogP contribution in [0.1, 0.15) is 45.1 Å². The molecule has 1 heterocycles. The Hall–Kier alpha value is -1.55. The number of hydrogen-bond acceptors (Lipinski definition) is 3. The predicted octanol–water partition coefficient (Wildman–Crippen LogP) is 3.46. The summed E-state index contributed by atoms with van der Waals surface area (Å²) in [6.07, 6.45) is 3.97. The molecule has 2 rings (SSSR count). The maximum Gasteiger partial charge on any atom is 0.220 e. The fraction of sp³-hybridized carbons (Fsp3) is 0.650. The Labute approximate surface area is 146 Å². The summed E-state index contributed by atoms with van der Waals surface area (Å²) < 4.78 is 5.20. The standard InChI is InChI=1S/C20H32N2O2/c1-16(2)4-9-20(23)21-14-17-10-12-22(13-11-17)15-18-5-7-19(24-3)8-6-18/h5-8,16-17H,4,9-15H2,1-3H3,(H,21,23). The molecule has 1 aromatic carbocycles. The van der Waals surface area contributed by atoms with Gasteiger partial charge in [0.05, 0.1) is 7.11 Å². The summed E-state index contributed by atoms with van der Waals surface area (Å²) in [6.45, 7) is 8.37. The largest absolute Gasteiger partial charge is 0.497 e. The molecule has 1 fully saturated rings. The molecule has 134 valence electrons. The highest BCUT2D eigenvalue weighted by molar-refractivity contribution is 5.75. The van der Waals surface area contributed by atoms with Crippen molar-refractivity contribution < 1.29 is 9.53 Å². The fourth-order valence-electron chi connectivity index (χ4n) is 3.10. The Morgan fingerprint density at radius 2 is 1.92 bits per heavy atom. The molecule has 1 saturated heterocycles. The normalized spacial score (nSPS) is 16.3. The maximum absolute atomic E-state index is 11.8. The Kier molecular flexibility index (Phi) is 7.57. The molecule has 4 heteroatoms. The van der Waals surface area contributed by atoms with Crippen molar-refractivity contribution >= 4 is 5.91 Å². The number of hydrogen-bond donors (Lipinski definition) is 1. The molecule has 0 atom stereocenters. The minimum Gasteiger partial charge on any atom is -0.497 e. The molecule has 1 N–H and O–H groups in total. The lowest BCUT2D eigenvalue weighted by molar-refractivity contribution is -0.121. The lowest BCUT2D eigenvalue weighted by Crippen LogP contribution is -2.38. The van der Waals surface area contributed by atoms with Gasteiger partial charge in [0.25, 0.3) is 0 Å². The van der Waals surface area contributed by atoms with E-state index in [-0.39, 0.29) is 5.91 Å². The van der Waals surface area contributed by atoms with Gasteiger partial charge in [0, 0.05) is 19.5 Å². The second kappa shape index (κ2) is 9.67. The van der Waals surface area contributed by atoms with Gasteiger partial charge < -0.3 is 10.1 Å². The van der Waals surface area contributed by atoms with Crippen molar-refractivity contribution in [2.75, 3.05) is 26.7 Å². The van der Waals surface area contributed by atoms with Crippen LogP contribution in [0.25, 0.3) is 0 Å². The first-order valence-corrected chi connectivity index (χ1v) is 9.18. The van der Waals surface area contributed by atoms with Crippen LogP contribution in [-0.2, 0) is 11.3 Å². The lowest BCUT2D eigenvalue weighted by Gasteiger charge is -2.32. The Morgan fingerprint density at radius 3 is 2.50 bits per heavy atom. The number of nitrogens with zero attached hydrogens (tertiary/aromatic N) is 1. The molecule has 1 amide bonds.